The number of phenols is 1. The molecule has 1 aliphatic carbocycles. The van der Waals surface area contributed by atoms with E-state index in [0.717, 1.165) is 16.7 Å². The molecule has 1 unspecified atom stereocenters. The van der Waals surface area contributed by atoms with Gasteiger partial charge in [0.25, 0.3) is 5.89 Å². The van der Waals surface area contributed by atoms with Crippen LogP contribution in [0.2, 0.25) is 0 Å². The van der Waals surface area contributed by atoms with E-state index in [1.165, 1.54) is 12.1 Å². The summed E-state index contributed by atoms with van der Waals surface area (Å²) in [4.78, 5) is 4.46. The van der Waals surface area contributed by atoms with Gasteiger partial charge in [-0.05, 0) is 48.1 Å². The van der Waals surface area contributed by atoms with Gasteiger partial charge in [0, 0.05) is 17.2 Å². The molecule has 8 nitrogen and oxygen atoms in total. The highest BCUT2D eigenvalue weighted by atomic mass is 32.2. The zero-order valence-corrected chi connectivity index (χ0v) is 18.0. The van der Waals surface area contributed by atoms with Crippen molar-refractivity contribution in [3.8, 4) is 34.7 Å². The van der Waals surface area contributed by atoms with E-state index in [9.17, 15) is 13.5 Å². The lowest BCUT2D eigenvalue weighted by Crippen LogP contribution is -2.31. The molecule has 0 saturated heterocycles. The molecular formula is C22H22N4O4S. The van der Waals surface area contributed by atoms with E-state index in [2.05, 4.69) is 14.9 Å². The van der Waals surface area contributed by atoms with Crippen LogP contribution in [0.1, 0.15) is 43.0 Å². The second-order valence-corrected chi connectivity index (χ2v) is 9.82. The van der Waals surface area contributed by atoms with Crippen LogP contribution >= 0.6 is 0 Å². The first-order chi connectivity index (χ1) is 14.8. The minimum atomic E-state index is -3.37. The van der Waals surface area contributed by atoms with Gasteiger partial charge in [-0.2, -0.15) is 10.2 Å². The summed E-state index contributed by atoms with van der Waals surface area (Å²) in [7, 11) is -3.37. The van der Waals surface area contributed by atoms with Gasteiger partial charge in [0.15, 0.2) is 0 Å². The van der Waals surface area contributed by atoms with Crippen molar-refractivity contribution in [1.29, 1.82) is 5.26 Å². The van der Waals surface area contributed by atoms with Gasteiger partial charge in [-0.15, -0.1) is 0 Å². The maximum atomic E-state index is 12.4. The Labute approximate surface area is 180 Å². The van der Waals surface area contributed by atoms with Crippen LogP contribution in [0.3, 0.4) is 0 Å². The van der Waals surface area contributed by atoms with Crippen LogP contribution in [0.15, 0.2) is 40.9 Å². The number of rotatable bonds is 6. The van der Waals surface area contributed by atoms with Crippen LogP contribution in [-0.4, -0.2) is 29.4 Å². The van der Waals surface area contributed by atoms with E-state index >= 15 is 0 Å². The largest absolute Gasteiger partial charge is 0.507 e. The van der Waals surface area contributed by atoms with Crippen LogP contribution in [0.25, 0.3) is 22.8 Å². The number of aromatic nitrogens is 2. The minimum absolute atomic E-state index is 0.0453. The monoisotopic (exact) mass is 438 g/mol. The molecule has 31 heavy (non-hydrogen) atoms. The highest BCUT2D eigenvalue weighted by Gasteiger charge is 2.29. The summed E-state index contributed by atoms with van der Waals surface area (Å²) < 4.78 is 33.0. The molecule has 2 N–H and O–H groups in total. The fraction of sp³-hybridized carbons (Fsp3) is 0.318. The standard InChI is InChI=1S/C22H22N4O4S/c1-13(2)12-31(28,29)26-19-8-7-16-17(19)4-3-5-18(16)21-24-22(30-25-21)14-6-9-20(27)15(10-14)11-23/h3-6,9-10,13,19,26-27H,7-8,12H2,1-2H3. The Morgan fingerprint density at radius 3 is 2.87 bits per heavy atom. The fourth-order valence-corrected chi connectivity index (χ4v) is 5.55. The number of nitriles is 1. The van der Waals surface area contributed by atoms with Crippen molar-refractivity contribution in [2.45, 2.75) is 32.7 Å². The van der Waals surface area contributed by atoms with Crippen molar-refractivity contribution in [3.63, 3.8) is 0 Å². The molecule has 0 radical (unpaired) electrons. The van der Waals surface area contributed by atoms with Crippen molar-refractivity contribution in [2.24, 2.45) is 5.92 Å². The number of nitrogens with zero attached hydrogens (tertiary/aromatic N) is 3. The van der Waals surface area contributed by atoms with Gasteiger partial charge in [0.1, 0.15) is 11.8 Å². The van der Waals surface area contributed by atoms with Crippen LogP contribution in [0.5, 0.6) is 5.75 Å². The minimum Gasteiger partial charge on any atom is -0.507 e. The van der Waals surface area contributed by atoms with Crippen molar-refractivity contribution in [3.05, 3.63) is 53.1 Å². The van der Waals surface area contributed by atoms with Gasteiger partial charge < -0.3 is 9.63 Å². The fourth-order valence-electron chi connectivity index (χ4n) is 3.90. The molecule has 0 spiro atoms. The van der Waals surface area contributed by atoms with E-state index in [0.29, 0.717) is 24.2 Å². The normalized spacial score (nSPS) is 15.7. The molecule has 0 saturated carbocycles. The Hall–Kier alpha value is -3.22. The summed E-state index contributed by atoms with van der Waals surface area (Å²) in [6, 6.07) is 11.8. The summed E-state index contributed by atoms with van der Waals surface area (Å²) in [6.07, 6.45) is 1.36. The molecule has 1 aliphatic rings. The Kier molecular flexibility index (Phi) is 5.52. The second-order valence-electron chi connectivity index (χ2n) is 8.02. The van der Waals surface area contributed by atoms with Crippen LogP contribution < -0.4 is 4.72 Å². The van der Waals surface area contributed by atoms with Gasteiger partial charge in [0.2, 0.25) is 15.8 Å². The molecule has 0 amide bonds. The van der Waals surface area contributed by atoms with Crippen molar-refractivity contribution >= 4 is 10.0 Å². The lowest BCUT2D eigenvalue weighted by atomic mass is 10.0. The van der Waals surface area contributed by atoms with E-state index in [1.54, 1.807) is 6.07 Å². The lowest BCUT2D eigenvalue weighted by molar-refractivity contribution is 0.432. The third-order valence-electron chi connectivity index (χ3n) is 5.18. The highest BCUT2D eigenvalue weighted by molar-refractivity contribution is 7.89. The quantitative estimate of drug-likeness (QED) is 0.602. The van der Waals surface area contributed by atoms with Crippen molar-refractivity contribution < 1.29 is 18.0 Å². The number of aromatic hydroxyl groups is 1. The van der Waals surface area contributed by atoms with Crippen LogP contribution in [0.4, 0.5) is 0 Å². The van der Waals surface area contributed by atoms with E-state index < -0.39 is 10.0 Å². The molecule has 0 fully saturated rings. The van der Waals surface area contributed by atoms with Crippen LogP contribution in [-0.2, 0) is 16.4 Å². The van der Waals surface area contributed by atoms with Gasteiger partial charge in [-0.3, -0.25) is 0 Å². The Bertz CT molecular complexity index is 1270. The van der Waals surface area contributed by atoms with Gasteiger partial charge in [-0.25, -0.2) is 13.1 Å². The predicted molar refractivity (Wildman–Crippen MR) is 114 cm³/mol. The summed E-state index contributed by atoms with van der Waals surface area (Å²) in [5.74, 6) is 0.645. The summed E-state index contributed by atoms with van der Waals surface area (Å²) in [5.41, 5.74) is 3.36. The Balaban J connectivity index is 1.64. The van der Waals surface area contributed by atoms with Crippen molar-refractivity contribution in [2.75, 3.05) is 5.75 Å². The molecule has 2 aromatic carbocycles. The number of hydrogen-bond acceptors (Lipinski definition) is 7. The van der Waals surface area contributed by atoms with Crippen molar-refractivity contribution in [1.82, 2.24) is 14.9 Å². The molecule has 4 rings (SSSR count). The number of phenolic OH excluding ortho intramolecular Hbond substituents is 1. The Morgan fingerprint density at radius 1 is 1.32 bits per heavy atom. The number of nitrogens with one attached hydrogen (secondary N) is 1. The maximum absolute atomic E-state index is 12.4. The molecular weight excluding hydrogens is 416 g/mol. The molecule has 3 aromatic rings. The van der Waals surface area contributed by atoms with E-state index in [-0.39, 0.29) is 34.9 Å². The first kappa shape index (κ1) is 21.0. The third kappa shape index (κ3) is 4.31. The zero-order chi connectivity index (χ0) is 22.2. The molecule has 9 heteroatoms. The first-order valence-electron chi connectivity index (χ1n) is 9.97. The smallest absolute Gasteiger partial charge is 0.258 e. The SMILES string of the molecule is CC(C)CS(=O)(=O)NC1CCc2c(-c3noc(-c4ccc(O)c(C#N)c4)n3)cccc21. The third-order valence-corrected chi connectivity index (χ3v) is 6.93. The number of benzene rings is 2. The predicted octanol–water partition coefficient (Wildman–Crippen LogP) is 3.54. The van der Waals surface area contributed by atoms with Crippen LogP contribution in [0, 0.1) is 17.2 Å². The highest BCUT2D eigenvalue weighted by Crippen LogP contribution is 2.38. The molecule has 0 aliphatic heterocycles. The zero-order valence-electron chi connectivity index (χ0n) is 17.2. The average molecular weight is 439 g/mol. The second kappa shape index (κ2) is 8.13. The molecule has 1 atom stereocenters. The molecule has 1 aromatic heterocycles. The topological polar surface area (TPSA) is 129 Å². The van der Waals surface area contributed by atoms with Gasteiger partial charge >= 0.3 is 0 Å². The van der Waals surface area contributed by atoms with Gasteiger partial charge in [-0.1, -0.05) is 37.2 Å². The summed E-state index contributed by atoms with van der Waals surface area (Å²) >= 11 is 0. The number of fused-ring (bicyclic) bond motifs is 1. The summed E-state index contributed by atoms with van der Waals surface area (Å²) in [5, 5.41) is 22.9. The lowest BCUT2D eigenvalue weighted by Gasteiger charge is -2.16. The number of sulfonamides is 1. The van der Waals surface area contributed by atoms with Gasteiger partial charge in [0.05, 0.1) is 11.3 Å². The Morgan fingerprint density at radius 2 is 2.13 bits per heavy atom. The summed E-state index contributed by atoms with van der Waals surface area (Å²) in [6.45, 7) is 3.75. The molecule has 1 heterocycles. The first-order valence-corrected chi connectivity index (χ1v) is 11.6. The number of hydrogen-bond donors (Lipinski definition) is 2. The average Bonchev–Trinajstić information content (AvgIpc) is 3.35. The molecule has 160 valence electrons. The molecule has 0 bridgehead atoms. The maximum Gasteiger partial charge on any atom is 0.258 e. The van der Waals surface area contributed by atoms with E-state index in [4.69, 9.17) is 9.78 Å². The van der Waals surface area contributed by atoms with E-state index in [1.807, 2.05) is 38.1 Å².